The topological polar surface area (TPSA) is 50.8 Å². The van der Waals surface area contributed by atoms with Gasteiger partial charge in [0.1, 0.15) is 11.5 Å². The second kappa shape index (κ2) is 8.93. The van der Waals surface area contributed by atoms with Crippen LogP contribution in [0.2, 0.25) is 0 Å². The van der Waals surface area contributed by atoms with E-state index >= 15 is 0 Å². The number of benzene rings is 2. The molecular weight excluding hydrogens is 304 g/mol. The van der Waals surface area contributed by atoms with Crippen molar-refractivity contribution in [1.29, 1.82) is 0 Å². The maximum absolute atomic E-state index is 12.3. The number of carbonyl (C=O) groups excluding carboxylic acids is 1. The van der Waals surface area contributed by atoms with Crippen molar-refractivity contribution in [1.82, 2.24) is 4.90 Å². The Balaban J connectivity index is 1.98. The number of anilines is 1. The van der Waals surface area contributed by atoms with Crippen molar-refractivity contribution in [3.05, 3.63) is 54.1 Å². The fourth-order valence-corrected chi connectivity index (χ4v) is 2.40. The predicted molar refractivity (Wildman–Crippen MR) is 95.6 cm³/mol. The van der Waals surface area contributed by atoms with Gasteiger partial charge in [0.2, 0.25) is 5.91 Å². The lowest BCUT2D eigenvalue weighted by Crippen LogP contribution is -2.32. The highest BCUT2D eigenvalue weighted by molar-refractivity contribution is 5.92. The molecule has 1 N–H and O–H groups in total. The second-order valence-corrected chi connectivity index (χ2v) is 5.44. The van der Waals surface area contributed by atoms with Crippen LogP contribution in [0, 0.1) is 0 Å². The van der Waals surface area contributed by atoms with E-state index < -0.39 is 0 Å². The first kappa shape index (κ1) is 17.8. The minimum Gasteiger partial charge on any atom is -0.497 e. The number of hydrogen-bond acceptors (Lipinski definition) is 4. The number of nitrogens with one attached hydrogen (secondary N) is 1. The summed E-state index contributed by atoms with van der Waals surface area (Å²) >= 11 is 0. The van der Waals surface area contributed by atoms with E-state index in [9.17, 15) is 4.79 Å². The van der Waals surface area contributed by atoms with Gasteiger partial charge in [-0.2, -0.15) is 0 Å². The van der Waals surface area contributed by atoms with Gasteiger partial charge in [-0.1, -0.05) is 37.3 Å². The maximum atomic E-state index is 12.3. The Hall–Kier alpha value is -2.53. The van der Waals surface area contributed by atoms with E-state index in [0.717, 1.165) is 13.1 Å². The number of rotatable bonds is 8. The van der Waals surface area contributed by atoms with Crippen molar-refractivity contribution >= 4 is 11.6 Å². The lowest BCUT2D eigenvalue weighted by molar-refractivity contribution is -0.117. The van der Waals surface area contributed by atoms with Crippen LogP contribution < -0.4 is 14.8 Å². The van der Waals surface area contributed by atoms with Gasteiger partial charge in [-0.25, -0.2) is 0 Å². The minimum atomic E-state index is -0.0666. The van der Waals surface area contributed by atoms with Crippen LogP contribution in [0.5, 0.6) is 11.5 Å². The average Bonchev–Trinajstić information content (AvgIpc) is 2.61. The standard InChI is InChI=1S/C19H24N2O3/c1-4-21(13-15-8-6-5-7-9-15)14-19(22)20-16-10-17(23-2)12-18(11-16)24-3/h5-12H,4,13-14H2,1-3H3,(H,20,22). The van der Waals surface area contributed by atoms with Crippen LogP contribution in [0.1, 0.15) is 12.5 Å². The van der Waals surface area contributed by atoms with Crippen LogP contribution in [-0.2, 0) is 11.3 Å². The molecule has 0 spiro atoms. The molecule has 0 aliphatic carbocycles. The van der Waals surface area contributed by atoms with Gasteiger partial charge in [0.05, 0.1) is 20.8 Å². The summed E-state index contributed by atoms with van der Waals surface area (Å²) in [6.07, 6.45) is 0. The Morgan fingerprint density at radius 3 is 2.21 bits per heavy atom. The van der Waals surface area contributed by atoms with Crippen LogP contribution in [0.4, 0.5) is 5.69 Å². The molecule has 0 aliphatic heterocycles. The van der Waals surface area contributed by atoms with E-state index in [0.29, 0.717) is 23.7 Å². The van der Waals surface area contributed by atoms with Crippen LogP contribution >= 0.6 is 0 Å². The Bertz CT molecular complexity index is 637. The molecule has 0 radical (unpaired) electrons. The molecular formula is C19H24N2O3. The van der Waals surface area contributed by atoms with Gasteiger partial charge in [-0.05, 0) is 12.1 Å². The van der Waals surface area contributed by atoms with E-state index in [4.69, 9.17) is 9.47 Å². The Morgan fingerprint density at radius 2 is 1.67 bits per heavy atom. The van der Waals surface area contributed by atoms with Crippen molar-refractivity contribution in [3.63, 3.8) is 0 Å². The van der Waals surface area contributed by atoms with Crippen molar-refractivity contribution in [2.24, 2.45) is 0 Å². The molecule has 0 aromatic heterocycles. The summed E-state index contributed by atoms with van der Waals surface area (Å²) in [5.74, 6) is 1.21. The molecule has 0 bridgehead atoms. The van der Waals surface area contributed by atoms with Crippen LogP contribution in [0.15, 0.2) is 48.5 Å². The number of methoxy groups -OCH3 is 2. The molecule has 0 saturated carbocycles. The van der Waals surface area contributed by atoms with E-state index in [1.807, 2.05) is 25.1 Å². The average molecular weight is 328 g/mol. The molecule has 2 aromatic rings. The molecule has 2 rings (SSSR count). The lowest BCUT2D eigenvalue weighted by Gasteiger charge is -2.20. The molecule has 0 saturated heterocycles. The first-order valence-corrected chi connectivity index (χ1v) is 7.93. The molecule has 0 atom stereocenters. The van der Waals surface area contributed by atoms with E-state index in [2.05, 4.69) is 22.3 Å². The third kappa shape index (κ3) is 5.28. The Kier molecular flexibility index (Phi) is 6.63. The number of likely N-dealkylation sites (N-methyl/N-ethyl adjacent to an activating group) is 1. The fourth-order valence-electron chi connectivity index (χ4n) is 2.40. The van der Waals surface area contributed by atoms with E-state index in [1.165, 1.54) is 5.56 Å². The third-order valence-corrected chi connectivity index (χ3v) is 3.70. The normalized spacial score (nSPS) is 10.5. The van der Waals surface area contributed by atoms with E-state index in [1.54, 1.807) is 32.4 Å². The monoisotopic (exact) mass is 328 g/mol. The molecule has 5 heteroatoms. The quantitative estimate of drug-likeness (QED) is 0.809. The SMILES string of the molecule is CCN(CC(=O)Nc1cc(OC)cc(OC)c1)Cc1ccccc1. The number of hydrogen-bond donors (Lipinski definition) is 1. The zero-order chi connectivity index (χ0) is 17.4. The van der Waals surface area contributed by atoms with Gasteiger partial charge in [-0.15, -0.1) is 0 Å². The molecule has 5 nitrogen and oxygen atoms in total. The first-order valence-electron chi connectivity index (χ1n) is 7.93. The maximum Gasteiger partial charge on any atom is 0.238 e. The van der Waals surface area contributed by atoms with Crippen molar-refractivity contribution in [3.8, 4) is 11.5 Å². The van der Waals surface area contributed by atoms with Crippen molar-refractivity contribution in [2.75, 3.05) is 32.6 Å². The molecule has 1 amide bonds. The minimum absolute atomic E-state index is 0.0666. The largest absolute Gasteiger partial charge is 0.497 e. The highest BCUT2D eigenvalue weighted by Crippen LogP contribution is 2.25. The fraction of sp³-hybridized carbons (Fsp3) is 0.316. The molecule has 0 fully saturated rings. The van der Waals surface area contributed by atoms with Crippen molar-refractivity contribution < 1.29 is 14.3 Å². The van der Waals surface area contributed by atoms with Gasteiger partial charge < -0.3 is 14.8 Å². The summed E-state index contributed by atoms with van der Waals surface area (Å²) in [7, 11) is 3.16. The molecule has 0 aliphatic rings. The van der Waals surface area contributed by atoms with Crippen LogP contribution in [0.25, 0.3) is 0 Å². The summed E-state index contributed by atoms with van der Waals surface area (Å²) < 4.78 is 10.4. The molecule has 0 heterocycles. The highest BCUT2D eigenvalue weighted by Gasteiger charge is 2.11. The zero-order valence-electron chi connectivity index (χ0n) is 14.4. The van der Waals surface area contributed by atoms with Gasteiger partial charge in [0.15, 0.2) is 0 Å². The summed E-state index contributed by atoms with van der Waals surface area (Å²) in [6.45, 7) is 3.91. The summed E-state index contributed by atoms with van der Waals surface area (Å²) in [5.41, 5.74) is 1.85. The first-order chi connectivity index (χ1) is 11.6. The molecule has 128 valence electrons. The van der Waals surface area contributed by atoms with Gasteiger partial charge in [-0.3, -0.25) is 9.69 Å². The van der Waals surface area contributed by atoms with Crippen molar-refractivity contribution in [2.45, 2.75) is 13.5 Å². The summed E-state index contributed by atoms with van der Waals surface area (Å²) in [5, 5.41) is 2.90. The van der Waals surface area contributed by atoms with E-state index in [-0.39, 0.29) is 5.91 Å². The number of carbonyl (C=O) groups is 1. The van der Waals surface area contributed by atoms with Gasteiger partial charge >= 0.3 is 0 Å². The Labute approximate surface area is 143 Å². The molecule has 0 unspecified atom stereocenters. The van der Waals surface area contributed by atoms with Crippen LogP contribution in [0.3, 0.4) is 0 Å². The van der Waals surface area contributed by atoms with Crippen LogP contribution in [-0.4, -0.2) is 38.1 Å². The second-order valence-electron chi connectivity index (χ2n) is 5.44. The molecule has 2 aromatic carbocycles. The summed E-state index contributed by atoms with van der Waals surface area (Å²) in [6, 6.07) is 15.4. The number of ether oxygens (including phenoxy) is 2. The Morgan fingerprint density at radius 1 is 1.04 bits per heavy atom. The zero-order valence-corrected chi connectivity index (χ0v) is 14.4. The number of nitrogens with zero attached hydrogens (tertiary/aromatic N) is 1. The smallest absolute Gasteiger partial charge is 0.238 e. The summed E-state index contributed by atoms with van der Waals surface area (Å²) in [4.78, 5) is 14.4. The molecule has 24 heavy (non-hydrogen) atoms. The lowest BCUT2D eigenvalue weighted by atomic mass is 10.2. The van der Waals surface area contributed by atoms with Gasteiger partial charge in [0, 0.05) is 30.4 Å². The number of amides is 1. The highest BCUT2D eigenvalue weighted by atomic mass is 16.5. The van der Waals surface area contributed by atoms with Gasteiger partial charge in [0.25, 0.3) is 0 Å². The predicted octanol–water partition coefficient (Wildman–Crippen LogP) is 3.16. The third-order valence-electron chi connectivity index (χ3n) is 3.70.